The topological polar surface area (TPSA) is 12.0 Å². The standard InChI is InChI=1S/C20H27N/c1-5-16(4)17-10-12-18(13-11-17)20-9-7-6-8-19(20)14-21-15(2)3/h6-13,15-16,21H,5,14H2,1-4H3. The Morgan fingerprint density at radius 3 is 2.19 bits per heavy atom. The van der Waals surface area contributed by atoms with Crippen LogP contribution in [0.15, 0.2) is 48.5 Å². The molecule has 1 unspecified atom stereocenters. The predicted molar refractivity (Wildman–Crippen MR) is 92.6 cm³/mol. The lowest BCUT2D eigenvalue weighted by Crippen LogP contribution is -2.22. The van der Waals surface area contributed by atoms with E-state index in [1.54, 1.807) is 0 Å². The Labute approximate surface area is 129 Å². The molecule has 0 saturated carbocycles. The average Bonchev–Trinajstić information content (AvgIpc) is 2.52. The Kier molecular flexibility index (Phi) is 5.58. The highest BCUT2D eigenvalue weighted by molar-refractivity contribution is 5.67. The first-order valence-corrected chi connectivity index (χ1v) is 8.03. The van der Waals surface area contributed by atoms with Gasteiger partial charge >= 0.3 is 0 Å². The summed E-state index contributed by atoms with van der Waals surface area (Å²) in [5, 5.41) is 3.51. The summed E-state index contributed by atoms with van der Waals surface area (Å²) in [4.78, 5) is 0. The van der Waals surface area contributed by atoms with Gasteiger partial charge in [-0.2, -0.15) is 0 Å². The van der Waals surface area contributed by atoms with Crippen molar-refractivity contribution in [3.8, 4) is 11.1 Å². The van der Waals surface area contributed by atoms with Crippen molar-refractivity contribution >= 4 is 0 Å². The molecule has 2 aromatic carbocycles. The van der Waals surface area contributed by atoms with E-state index in [4.69, 9.17) is 0 Å². The van der Waals surface area contributed by atoms with Crippen molar-refractivity contribution in [3.05, 3.63) is 59.7 Å². The van der Waals surface area contributed by atoms with Crippen LogP contribution in [-0.2, 0) is 6.54 Å². The van der Waals surface area contributed by atoms with Crippen LogP contribution in [0.1, 0.15) is 51.2 Å². The van der Waals surface area contributed by atoms with Crippen LogP contribution in [-0.4, -0.2) is 6.04 Å². The third kappa shape index (κ3) is 4.18. The van der Waals surface area contributed by atoms with E-state index >= 15 is 0 Å². The van der Waals surface area contributed by atoms with Crippen molar-refractivity contribution < 1.29 is 0 Å². The smallest absolute Gasteiger partial charge is 0.0214 e. The molecule has 2 aromatic rings. The molecular weight excluding hydrogens is 254 g/mol. The first kappa shape index (κ1) is 15.8. The molecule has 0 aliphatic heterocycles. The number of nitrogens with one attached hydrogen (secondary N) is 1. The third-order valence-electron chi connectivity index (χ3n) is 4.12. The summed E-state index contributed by atoms with van der Waals surface area (Å²) >= 11 is 0. The highest BCUT2D eigenvalue weighted by atomic mass is 14.9. The monoisotopic (exact) mass is 281 g/mol. The van der Waals surface area contributed by atoms with Crippen molar-refractivity contribution in [2.45, 2.75) is 52.6 Å². The van der Waals surface area contributed by atoms with Gasteiger partial charge in [0.05, 0.1) is 0 Å². The molecule has 0 amide bonds. The van der Waals surface area contributed by atoms with Crippen molar-refractivity contribution in [2.24, 2.45) is 0 Å². The molecule has 0 aliphatic rings. The number of rotatable bonds is 6. The van der Waals surface area contributed by atoms with E-state index in [-0.39, 0.29) is 0 Å². The minimum absolute atomic E-state index is 0.505. The summed E-state index contributed by atoms with van der Waals surface area (Å²) in [6, 6.07) is 18.2. The lowest BCUT2D eigenvalue weighted by Gasteiger charge is -2.14. The maximum absolute atomic E-state index is 3.51. The van der Waals surface area contributed by atoms with Gasteiger partial charge in [0.15, 0.2) is 0 Å². The number of benzene rings is 2. The van der Waals surface area contributed by atoms with Crippen LogP contribution in [0.5, 0.6) is 0 Å². The van der Waals surface area contributed by atoms with Gasteiger partial charge in [-0.1, -0.05) is 76.2 Å². The second kappa shape index (κ2) is 7.42. The van der Waals surface area contributed by atoms with Gasteiger partial charge in [0.25, 0.3) is 0 Å². The van der Waals surface area contributed by atoms with Gasteiger partial charge in [-0.3, -0.25) is 0 Å². The van der Waals surface area contributed by atoms with E-state index in [0.29, 0.717) is 12.0 Å². The molecule has 0 fully saturated rings. The highest BCUT2D eigenvalue weighted by Crippen LogP contribution is 2.26. The van der Waals surface area contributed by atoms with Gasteiger partial charge < -0.3 is 5.32 Å². The summed E-state index contributed by atoms with van der Waals surface area (Å²) in [5.74, 6) is 0.636. The van der Waals surface area contributed by atoms with Crippen LogP contribution in [0.3, 0.4) is 0 Å². The van der Waals surface area contributed by atoms with Crippen LogP contribution in [0.2, 0.25) is 0 Å². The van der Waals surface area contributed by atoms with Crippen LogP contribution in [0.25, 0.3) is 11.1 Å². The van der Waals surface area contributed by atoms with E-state index in [9.17, 15) is 0 Å². The van der Waals surface area contributed by atoms with E-state index in [1.165, 1.54) is 28.7 Å². The normalized spacial score (nSPS) is 12.6. The Hall–Kier alpha value is -1.60. The Morgan fingerprint density at radius 1 is 0.905 bits per heavy atom. The van der Waals surface area contributed by atoms with E-state index < -0.39 is 0 Å². The summed E-state index contributed by atoms with van der Waals surface area (Å²) in [6.45, 7) is 9.81. The first-order valence-electron chi connectivity index (χ1n) is 8.03. The minimum Gasteiger partial charge on any atom is -0.310 e. The molecule has 21 heavy (non-hydrogen) atoms. The zero-order valence-corrected chi connectivity index (χ0v) is 13.7. The molecular formula is C20H27N. The number of hydrogen-bond acceptors (Lipinski definition) is 1. The van der Waals surface area contributed by atoms with Gasteiger partial charge in [-0.15, -0.1) is 0 Å². The summed E-state index contributed by atoms with van der Waals surface area (Å²) in [6.07, 6.45) is 1.19. The number of hydrogen-bond donors (Lipinski definition) is 1. The molecule has 1 N–H and O–H groups in total. The molecule has 1 heteroatoms. The highest BCUT2D eigenvalue weighted by Gasteiger charge is 2.07. The molecule has 0 saturated heterocycles. The van der Waals surface area contributed by atoms with E-state index in [0.717, 1.165) is 6.54 Å². The maximum Gasteiger partial charge on any atom is 0.0214 e. The fourth-order valence-electron chi connectivity index (χ4n) is 2.50. The SMILES string of the molecule is CCC(C)c1ccc(-c2ccccc2CNC(C)C)cc1. The lowest BCUT2D eigenvalue weighted by atomic mass is 9.94. The lowest BCUT2D eigenvalue weighted by molar-refractivity contribution is 0.589. The summed E-state index contributed by atoms with van der Waals surface area (Å²) < 4.78 is 0. The fraction of sp³-hybridized carbons (Fsp3) is 0.400. The fourth-order valence-corrected chi connectivity index (χ4v) is 2.50. The maximum atomic E-state index is 3.51. The second-order valence-corrected chi connectivity index (χ2v) is 6.12. The Bertz CT molecular complexity index is 554. The molecule has 2 rings (SSSR count). The van der Waals surface area contributed by atoms with Gasteiger partial charge in [-0.05, 0) is 34.6 Å². The molecule has 1 nitrogen and oxygen atoms in total. The van der Waals surface area contributed by atoms with Crippen molar-refractivity contribution in [2.75, 3.05) is 0 Å². The van der Waals surface area contributed by atoms with Crippen molar-refractivity contribution in [1.82, 2.24) is 5.32 Å². The van der Waals surface area contributed by atoms with Gasteiger partial charge in [0.2, 0.25) is 0 Å². The zero-order chi connectivity index (χ0) is 15.2. The molecule has 0 heterocycles. The van der Waals surface area contributed by atoms with Crippen molar-refractivity contribution in [3.63, 3.8) is 0 Å². The summed E-state index contributed by atoms with van der Waals surface area (Å²) in [7, 11) is 0. The minimum atomic E-state index is 0.505. The molecule has 0 aliphatic carbocycles. The van der Waals surface area contributed by atoms with Crippen LogP contribution in [0.4, 0.5) is 0 Å². The largest absolute Gasteiger partial charge is 0.310 e. The van der Waals surface area contributed by atoms with Crippen molar-refractivity contribution in [1.29, 1.82) is 0 Å². The first-order chi connectivity index (χ1) is 10.1. The van der Waals surface area contributed by atoms with E-state index in [1.807, 2.05) is 0 Å². The van der Waals surface area contributed by atoms with Gasteiger partial charge in [-0.25, -0.2) is 0 Å². The molecule has 1 atom stereocenters. The van der Waals surface area contributed by atoms with E-state index in [2.05, 4.69) is 81.5 Å². The Morgan fingerprint density at radius 2 is 1.57 bits per heavy atom. The second-order valence-electron chi connectivity index (χ2n) is 6.12. The average molecular weight is 281 g/mol. The quantitative estimate of drug-likeness (QED) is 0.751. The predicted octanol–water partition coefficient (Wildman–Crippen LogP) is 5.37. The molecule has 112 valence electrons. The molecule has 0 aromatic heterocycles. The van der Waals surface area contributed by atoms with Crippen LogP contribution in [0, 0.1) is 0 Å². The molecule has 0 spiro atoms. The van der Waals surface area contributed by atoms with Gasteiger partial charge in [0, 0.05) is 12.6 Å². The Balaban J connectivity index is 2.25. The zero-order valence-electron chi connectivity index (χ0n) is 13.7. The van der Waals surface area contributed by atoms with Crippen LogP contribution >= 0.6 is 0 Å². The molecule has 0 bridgehead atoms. The van der Waals surface area contributed by atoms with Gasteiger partial charge in [0.1, 0.15) is 0 Å². The molecule has 0 radical (unpaired) electrons. The third-order valence-corrected chi connectivity index (χ3v) is 4.12. The van der Waals surface area contributed by atoms with Crippen LogP contribution < -0.4 is 5.32 Å². The summed E-state index contributed by atoms with van der Waals surface area (Å²) in [5.41, 5.74) is 5.44.